The van der Waals surface area contributed by atoms with Gasteiger partial charge in [0.2, 0.25) is 0 Å². The second kappa shape index (κ2) is 10.1. The Morgan fingerprint density at radius 3 is 2.61 bits per heavy atom. The van der Waals surface area contributed by atoms with Crippen LogP contribution >= 0.6 is 11.6 Å². The molecule has 2 N–H and O–H groups in total. The minimum Gasteiger partial charge on any atom is -0.507 e. The summed E-state index contributed by atoms with van der Waals surface area (Å²) in [5.74, 6) is 0.0868. The number of fused-ring (bicyclic) bond motifs is 1. The number of carbonyl (C=O) groups excluding carboxylic acids is 1. The highest BCUT2D eigenvalue weighted by Crippen LogP contribution is 2.26. The number of anilines is 1. The number of aliphatic imine (C=N–C) groups is 1. The molecule has 36 heavy (non-hydrogen) atoms. The molecule has 5 nitrogen and oxygen atoms in total. The first kappa shape index (κ1) is 23.4. The number of para-hydroxylation sites is 1. The number of phenolic OH excluding ortho intramolecular Hbond substituents is 1. The molecule has 0 fully saturated rings. The lowest BCUT2D eigenvalue weighted by atomic mass is 10.0. The summed E-state index contributed by atoms with van der Waals surface area (Å²) in [6.07, 6.45) is 2.28. The highest BCUT2D eigenvalue weighted by atomic mass is 35.5. The van der Waals surface area contributed by atoms with Crippen LogP contribution in [0.1, 0.15) is 32.8 Å². The van der Waals surface area contributed by atoms with Crippen LogP contribution in [0.3, 0.4) is 0 Å². The smallest absolute Gasteiger partial charge is 0.291 e. The fourth-order valence-electron chi connectivity index (χ4n) is 3.97. The standard InChI is InChI=1S/C30H23ClN2O3/c1-19-14-24(11-12-26(19)33-30(35)29-17-22-7-3-5-9-28(22)36-29)32-18-23-16-20(10-13-27(23)34)15-21-6-2-4-8-25(21)31/h2-14,16-18,34H,15H2,1H3,(H,33,35). The molecule has 4 aromatic carbocycles. The summed E-state index contributed by atoms with van der Waals surface area (Å²) in [4.78, 5) is 17.2. The Kier molecular flexibility index (Phi) is 6.56. The van der Waals surface area contributed by atoms with Gasteiger partial charge in [0.25, 0.3) is 5.91 Å². The van der Waals surface area contributed by atoms with E-state index in [-0.39, 0.29) is 17.4 Å². The van der Waals surface area contributed by atoms with Gasteiger partial charge in [-0.15, -0.1) is 0 Å². The lowest BCUT2D eigenvalue weighted by molar-refractivity contribution is 0.0998. The van der Waals surface area contributed by atoms with E-state index in [9.17, 15) is 9.90 Å². The van der Waals surface area contributed by atoms with Crippen molar-refractivity contribution in [1.82, 2.24) is 0 Å². The zero-order chi connectivity index (χ0) is 25.1. The normalized spacial score (nSPS) is 11.3. The van der Waals surface area contributed by atoms with Gasteiger partial charge in [-0.25, -0.2) is 0 Å². The first-order valence-electron chi connectivity index (χ1n) is 11.5. The van der Waals surface area contributed by atoms with Crippen molar-refractivity contribution in [3.63, 3.8) is 0 Å². The maximum absolute atomic E-state index is 12.7. The highest BCUT2D eigenvalue weighted by molar-refractivity contribution is 6.31. The molecule has 0 aliphatic rings. The molecule has 5 aromatic rings. The third-order valence-electron chi connectivity index (χ3n) is 5.90. The van der Waals surface area contributed by atoms with Crippen molar-refractivity contribution in [2.45, 2.75) is 13.3 Å². The van der Waals surface area contributed by atoms with E-state index in [4.69, 9.17) is 16.0 Å². The summed E-state index contributed by atoms with van der Waals surface area (Å²) in [6, 6.07) is 27.8. The fraction of sp³-hybridized carbons (Fsp3) is 0.0667. The molecule has 0 aliphatic heterocycles. The topological polar surface area (TPSA) is 74.8 Å². The molecular formula is C30H23ClN2O3. The molecule has 0 spiro atoms. The van der Waals surface area contributed by atoms with Crippen molar-refractivity contribution >= 4 is 46.1 Å². The van der Waals surface area contributed by atoms with Gasteiger partial charge in [0.15, 0.2) is 5.76 Å². The Morgan fingerprint density at radius 1 is 1.00 bits per heavy atom. The molecule has 0 saturated heterocycles. The lowest BCUT2D eigenvalue weighted by Crippen LogP contribution is -2.11. The quantitative estimate of drug-likeness (QED) is 0.237. The number of aromatic hydroxyl groups is 1. The van der Waals surface area contributed by atoms with Gasteiger partial charge in [-0.2, -0.15) is 0 Å². The van der Waals surface area contributed by atoms with Gasteiger partial charge < -0.3 is 14.8 Å². The van der Waals surface area contributed by atoms with E-state index in [1.165, 1.54) is 0 Å². The largest absolute Gasteiger partial charge is 0.507 e. The summed E-state index contributed by atoms with van der Waals surface area (Å²) >= 11 is 6.29. The molecule has 0 aliphatic carbocycles. The van der Waals surface area contributed by atoms with Crippen molar-refractivity contribution in [3.05, 3.63) is 124 Å². The van der Waals surface area contributed by atoms with Gasteiger partial charge in [-0.3, -0.25) is 9.79 Å². The van der Waals surface area contributed by atoms with E-state index in [0.717, 1.165) is 22.1 Å². The number of benzene rings is 4. The van der Waals surface area contributed by atoms with Crippen LogP contribution in [0.4, 0.5) is 11.4 Å². The van der Waals surface area contributed by atoms with Crippen molar-refractivity contribution in [2.75, 3.05) is 5.32 Å². The van der Waals surface area contributed by atoms with Gasteiger partial charge in [-0.05, 0) is 78.6 Å². The van der Waals surface area contributed by atoms with Gasteiger partial charge in [0.1, 0.15) is 11.3 Å². The third kappa shape index (κ3) is 5.16. The van der Waals surface area contributed by atoms with Crippen LogP contribution in [-0.2, 0) is 6.42 Å². The molecule has 6 heteroatoms. The van der Waals surface area contributed by atoms with E-state index < -0.39 is 0 Å². The SMILES string of the molecule is Cc1cc(N=Cc2cc(Cc3ccccc3Cl)ccc2O)ccc1NC(=O)c1cc2ccccc2o1. The van der Waals surface area contributed by atoms with Crippen LogP contribution in [0.5, 0.6) is 5.75 Å². The Hall–Kier alpha value is -4.35. The number of carbonyl (C=O) groups is 1. The van der Waals surface area contributed by atoms with Crippen molar-refractivity contribution in [2.24, 2.45) is 4.99 Å². The number of phenols is 1. The van der Waals surface area contributed by atoms with Crippen LogP contribution in [0.25, 0.3) is 11.0 Å². The minimum atomic E-state index is -0.314. The number of amides is 1. The third-order valence-corrected chi connectivity index (χ3v) is 6.27. The predicted molar refractivity (Wildman–Crippen MR) is 145 cm³/mol. The van der Waals surface area contributed by atoms with Crippen LogP contribution in [0.15, 0.2) is 100 Å². The van der Waals surface area contributed by atoms with Crippen molar-refractivity contribution in [3.8, 4) is 5.75 Å². The number of furan rings is 1. The molecule has 0 saturated carbocycles. The van der Waals surface area contributed by atoms with E-state index in [0.29, 0.717) is 34.0 Å². The molecule has 1 aromatic heterocycles. The summed E-state index contributed by atoms with van der Waals surface area (Å²) in [7, 11) is 0. The van der Waals surface area contributed by atoms with Crippen LogP contribution in [-0.4, -0.2) is 17.2 Å². The summed E-state index contributed by atoms with van der Waals surface area (Å²) in [5.41, 5.74) is 5.54. The van der Waals surface area contributed by atoms with Crippen LogP contribution < -0.4 is 5.32 Å². The maximum Gasteiger partial charge on any atom is 0.291 e. The van der Waals surface area contributed by atoms with Gasteiger partial charge in [0, 0.05) is 27.9 Å². The molecule has 0 bridgehead atoms. The molecule has 0 atom stereocenters. The summed E-state index contributed by atoms with van der Waals surface area (Å²) in [6.45, 7) is 1.90. The zero-order valence-electron chi connectivity index (χ0n) is 19.5. The number of hydrogen-bond acceptors (Lipinski definition) is 4. The van der Waals surface area contributed by atoms with E-state index >= 15 is 0 Å². The average Bonchev–Trinajstić information content (AvgIpc) is 3.32. The second-order valence-electron chi connectivity index (χ2n) is 8.52. The monoisotopic (exact) mass is 494 g/mol. The molecule has 5 rings (SSSR count). The minimum absolute atomic E-state index is 0.146. The Morgan fingerprint density at radius 2 is 1.81 bits per heavy atom. The predicted octanol–water partition coefficient (Wildman–Crippen LogP) is 7.69. The van der Waals surface area contributed by atoms with Crippen molar-refractivity contribution < 1.29 is 14.3 Å². The number of nitrogens with one attached hydrogen (secondary N) is 1. The van der Waals surface area contributed by atoms with E-state index in [1.54, 1.807) is 24.4 Å². The highest BCUT2D eigenvalue weighted by Gasteiger charge is 2.13. The molecule has 178 valence electrons. The first-order chi connectivity index (χ1) is 17.5. The van der Waals surface area contributed by atoms with E-state index in [2.05, 4.69) is 10.3 Å². The van der Waals surface area contributed by atoms with Gasteiger partial charge >= 0.3 is 0 Å². The molecule has 1 amide bonds. The van der Waals surface area contributed by atoms with Crippen LogP contribution in [0, 0.1) is 6.92 Å². The summed E-state index contributed by atoms with van der Waals surface area (Å²) < 4.78 is 5.65. The Balaban J connectivity index is 1.30. The van der Waals surface area contributed by atoms with Gasteiger partial charge in [-0.1, -0.05) is 54.1 Å². The first-order valence-corrected chi connectivity index (χ1v) is 11.8. The number of halogens is 1. The maximum atomic E-state index is 12.7. The number of aryl methyl sites for hydroxylation is 1. The molecule has 0 radical (unpaired) electrons. The average molecular weight is 495 g/mol. The van der Waals surface area contributed by atoms with Crippen LogP contribution in [0.2, 0.25) is 5.02 Å². The number of nitrogens with zero attached hydrogens (tertiary/aromatic N) is 1. The summed E-state index contributed by atoms with van der Waals surface area (Å²) in [5, 5.41) is 14.8. The fourth-order valence-corrected chi connectivity index (χ4v) is 4.17. The molecular weight excluding hydrogens is 472 g/mol. The zero-order valence-corrected chi connectivity index (χ0v) is 20.3. The number of hydrogen-bond donors (Lipinski definition) is 2. The number of rotatable bonds is 6. The Labute approximate surface area is 213 Å². The Bertz CT molecular complexity index is 1570. The molecule has 1 heterocycles. The lowest BCUT2D eigenvalue weighted by Gasteiger charge is -2.08. The van der Waals surface area contributed by atoms with Gasteiger partial charge in [0.05, 0.1) is 5.69 Å². The molecule has 0 unspecified atom stereocenters. The second-order valence-corrected chi connectivity index (χ2v) is 8.93. The van der Waals surface area contributed by atoms with Crippen molar-refractivity contribution in [1.29, 1.82) is 0 Å². The van der Waals surface area contributed by atoms with E-state index in [1.807, 2.05) is 79.7 Å².